The molecule has 3 atom stereocenters. The van der Waals surface area contributed by atoms with Crippen LogP contribution in [-0.2, 0) is 26.8 Å². The van der Waals surface area contributed by atoms with Gasteiger partial charge in [-0.1, -0.05) is 47.6 Å². The van der Waals surface area contributed by atoms with Crippen molar-refractivity contribution in [3.05, 3.63) is 41.6 Å². The molecule has 1 heterocycles. The smallest absolute Gasteiger partial charge is 0.331 e. The molecule has 9 heteroatoms. The second kappa shape index (κ2) is 12.0. The minimum Gasteiger partial charge on any atom is -0.478 e. The number of aromatic nitrogens is 1. The first kappa shape index (κ1) is 30.9. The molecule has 2 amide bonds. The van der Waals surface area contributed by atoms with Crippen LogP contribution >= 0.6 is 0 Å². The molecule has 0 aliphatic heterocycles. The monoisotopic (exact) mass is 527 g/mol. The molecule has 38 heavy (non-hydrogen) atoms. The van der Waals surface area contributed by atoms with Crippen LogP contribution in [0.5, 0.6) is 0 Å². The minimum absolute atomic E-state index is 0.0236. The Labute approximate surface area is 226 Å². The summed E-state index contributed by atoms with van der Waals surface area (Å²) >= 11 is 0. The Kier molecular flexibility index (Phi) is 9.77. The van der Waals surface area contributed by atoms with Gasteiger partial charge in [-0.2, -0.15) is 0 Å². The van der Waals surface area contributed by atoms with Crippen LogP contribution in [0.4, 0.5) is 5.69 Å². The van der Waals surface area contributed by atoms with Gasteiger partial charge in [-0.25, -0.2) is 4.79 Å². The van der Waals surface area contributed by atoms with Crippen LogP contribution in [0, 0.1) is 11.8 Å². The van der Waals surface area contributed by atoms with E-state index in [9.17, 15) is 19.5 Å². The third kappa shape index (κ3) is 6.38. The maximum atomic E-state index is 13.8. The Bertz CT molecular complexity index is 1210. The molecule has 1 unspecified atom stereocenters. The summed E-state index contributed by atoms with van der Waals surface area (Å²) in [7, 11) is 5.35. The predicted octanol–water partition coefficient (Wildman–Crippen LogP) is 3.28. The van der Waals surface area contributed by atoms with E-state index in [1.165, 1.54) is 11.8 Å². The number of nitrogens with zero attached hydrogens (tertiary/aromatic N) is 2. The zero-order valence-corrected chi connectivity index (χ0v) is 24.4. The van der Waals surface area contributed by atoms with Crippen molar-refractivity contribution >= 4 is 34.4 Å². The molecule has 2 rings (SSSR count). The third-order valence-corrected chi connectivity index (χ3v) is 7.45. The average Bonchev–Trinajstić information content (AvgIpc) is 3.15. The van der Waals surface area contributed by atoms with Gasteiger partial charge >= 0.3 is 5.97 Å². The molecule has 0 bridgehead atoms. The second-order valence-electron chi connectivity index (χ2n) is 11.4. The Morgan fingerprint density at radius 1 is 1.13 bits per heavy atom. The van der Waals surface area contributed by atoms with E-state index in [0.29, 0.717) is 5.69 Å². The van der Waals surface area contributed by atoms with Crippen LogP contribution in [-0.4, -0.2) is 64.6 Å². The number of amides is 2. The molecule has 9 nitrogen and oxygen atoms in total. The molecule has 0 spiro atoms. The lowest BCUT2D eigenvalue weighted by atomic mass is 9.77. The van der Waals surface area contributed by atoms with Crippen LogP contribution < -0.4 is 16.4 Å². The number of hydrogen-bond donors (Lipinski definition) is 4. The Balaban J connectivity index is 2.40. The number of nitrogens with two attached hydrogens (primary N) is 1. The third-order valence-electron chi connectivity index (χ3n) is 7.45. The van der Waals surface area contributed by atoms with Gasteiger partial charge in [-0.15, -0.1) is 0 Å². The van der Waals surface area contributed by atoms with Crippen molar-refractivity contribution < 1.29 is 19.5 Å². The quantitative estimate of drug-likeness (QED) is 0.262. The molecule has 0 aliphatic carbocycles. The lowest BCUT2D eigenvalue weighted by Gasteiger charge is -2.37. The molecule has 0 radical (unpaired) electrons. The number of nitrogens with one attached hydrogen (secondary N) is 2. The van der Waals surface area contributed by atoms with Crippen LogP contribution in [0.1, 0.15) is 54.0 Å². The summed E-state index contributed by atoms with van der Waals surface area (Å²) < 4.78 is 2.02. The molecule has 0 aliphatic rings. The number of carbonyl (C=O) groups excluding carboxylic acids is 2. The summed E-state index contributed by atoms with van der Waals surface area (Å²) in [5.74, 6) is -1.81. The Morgan fingerprint density at radius 3 is 2.24 bits per heavy atom. The lowest BCUT2D eigenvalue weighted by Crippen LogP contribution is -2.59. The van der Waals surface area contributed by atoms with Crippen molar-refractivity contribution in [3.8, 4) is 0 Å². The highest BCUT2D eigenvalue weighted by Crippen LogP contribution is 2.35. The first-order valence-corrected chi connectivity index (χ1v) is 13.1. The van der Waals surface area contributed by atoms with Gasteiger partial charge in [0.1, 0.15) is 6.04 Å². The first-order valence-electron chi connectivity index (χ1n) is 13.1. The Hall–Kier alpha value is -3.33. The zero-order chi connectivity index (χ0) is 29.1. The number of aryl methyl sites for hydroxylation is 1. The summed E-state index contributed by atoms with van der Waals surface area (Å²) in [5, 5.41) is 16.5. The Morgan fingerprint density at radius 2 is 1.74 bits per heavy atom. The van der Waals surface area contributed by atoms with E-state index in [-0.39, 0.29) is 29.2 Å². The fourth-order valence-corrected chi connectivity index (χ4v) is 5.09. The fraction of sp³-hybridized carbons (Fsp3) is 0.552. The lowest BCUT2D eigenvalue weighted by molar-refractivity contribution is -0.139. The van der Waals surface area contributed by atoms with Gasteiger partial charge in [0.05, 0.1) is 12.1 Å². The van der Waals surface area contributed by atoms with Gasteiger partial charge in [0.25, 0.3) is 0 Å². The van der Waals surface area contributed by atoms with Gasteiger partial charge < -0.3 is 30.9 Å². The number of carbonyl (C=O) groups is 3. The molecular formula is C29H45N5O4. The number of carboxylic acid groups (broad SMARTS) is 1. The van der Waals surface area contributed by atoms with Gasteiger partial charge in [0.15, 0.2) is 0 Å². The first-order chi connectivity index (χ1) is 17.5. The average molecular weight is 528 g/mol. The highest BCUT2D eigenvalue weighted by molar-refractivity contribution is 5.93. The van der Waals surface area contributed by atoms with E-state index in [0.717, 1.165) is 16.5 Å². The number of benzene rings is 1. The maximum absolute atomic E-state index is 13.8. The topological polar surface area (TPSA) is 130 Å². The number of aliphatic carboxylic acids is 1. The van der Waals surface area contributed by atoms with E-state index in [2.05, 4.69) is 10.6 Å². The van der Waals surface area contributed by atoms with E-state index in [1.807, 2.05) is 77.6 Å². The number of hydrogen-bond acceptors (Lipinski definition) is 5. The molecule has 0 saturated heterocycles. The highest BCUT2D eigenvalue weighted by Gasteiger charge is 2.40. The van der Waals surface area contributed by atoms with Gasteiger partial charge in [0.2, 0.25) is 11.8 Å². The molecule has 1 aromatic carbocycles. The molecule has 1 aromatic heterocycles. The van der Waals surface area contributed by atoms with Crippen LogP contribution in [0.25, 0.3) is 10.9 Å². The number of carboxylic acids is 1. The van der Waals surface area contributed by atoms with Crippen molar-refractivity contribution in [3.63, 3.8) is 0 Å². The van der Waals surface area contributed by atoms with Crippen molar-refractivity contribution in [2.45, 2.75) is 72.0 Å². The summed E-state index contributed by atoms with van der Waals surface area (Å²) in [6.45, 7) is 13.1. The molecule has 0 saturated carbocycles. The van der Waals surface area contributed by atoms with Crippen molar-refractivity contribution in [2.75, 3.05) is 19.8 Å². The van der Waals surface area contributed by atoms with Gasteiger partial charge in [-0.3, -0.25) is 9.59 Å². The number of fused-ring (bicyclic) bond motifs is 1. The number of rotatable bonds is 11. The molecule has 2 aromatic rings. The van der Waals surface area contributed by atoms with Crippen LogP contribution in [0.3, 0.4) is 0 Å². The molecule has 5 N–H and O–H groups in total. The largest absolute Gasteiger partial charge is 0.478 e. The standard InChI is InChI=1S/C29H45N5O4/c1-16(2)23(13-18(5)28(37)38)34(10)27(36)24(17(3)4)32-26(35)25(31-8)29(6,7)21-15-33(9)22-12-11-19(30)14-20(21)22/h11-17,23-25,31H,30H2,1-10H3,(H,32,35)(H,37,38)/b18-13+/t23-,24+,25?/m1/s1. The number of anilines is 1. The van der Waals surface area contributed by atoms with Gasteiger partial charge in [-0.05, 0) is 49.6 Å². The van der Waals surface area contributed by atoms with Crippen molar-refractivity contribution in [1.82, 2.24) is 20.1 Å². The van der Waals surface area contributed by atoms with E-state index in [4.69, 9.17) is 5.73 Å². The number of nitrogen functional groups attached to an aromatic ring is 1. The van der Waals surface area contributed by atoms with Crippen LogP contribution in [0.2, 0.25) is 0 Å². The molecule has 210 valence electrons. The van der Waals surface area contributed by atoms with Crippen molar-refractivity contribution in [2.24, 2.45) is 18.9 Å². The summed E-state index contributed by atoms with van der Waals surface area (Å²) in [4.78, 5) is 40.4. The van der Waals surface area contributed by atoms with E-state index in [1.54, 1.807) is 20.2 Å². The summed E-state index contributed by atoms with van der Waals surface area (Å²) in [5.41, 5.74) is 8.23. The van der Waals surface area contributed by atoms with Crippen molar-refractivity contribution in [1.29, 1.82) is 0 Å². The van der Waals surface area contributed by atoms with Crippen LogP contribution in [0.15, 0.2) is 36.0 Å². The zero-order valence-electron chi connectivity index (χ0n) is 24.4. The summed E-state index contributed by atoms with van der Waals surface area (Å²) in [6, 6.07) is 3.87. The SMILES string of the molecule is CNC(C(=O)N[C@H](C(=O)N(C)[C@H](/C=C(\C)C(=O)O)C(C)C)C(C)C)C(C)(C)c1cn(C)c2ccc(N)cc12. The fourth-order valence-electron chi connectivity index (χ4n) is 5.09. The summed E-state index contributed by atoms with van der Waals surface area (Å²) in [6.07, 6.45) is 3.61. The normalized spacial score (nSPS) is 15.0. The van der Waals surface area contributed by atoms with Gasteiger partial charge in [0, 0.05) is 47.9 Å². The minimum atomic E-state index is -1.03. The predicted molar refractivity (Wildman–Crippen MR) is 153 cm³/mol. The highest BCUT2D eigenvalue weighted by atomic mass is 16.4. The van der Waals surface area contributed by atoms with E-state index < -0.39 is 29.5 Å². The maximum Gasteiger partial charge on any atom is 0.331 e. The molecule has 0 fully saturated rings. The number of likely N-dealkylation sites (N-methyl/N-ethyl adjacent to an activating group) is 2. The molecular weight excluding hydrogens is 482 g/mol. The second-order valence-corrected chi connectivity index (χ2v) is 11.4. The van der Waals surface area contributed by atoms with E-state index >= 15 is 0 Å².